The van der Waals surface area contributed by atoms with Crippen LogP contribution in [0.3, 0.4) is 0 Å². The third-order valence-electron chi connectivity index (χ3n) is 5.28. The Morgan fingerprint density at radius 3 is 2.42 bits per heavy atom. The lowest BCUT2D eigenvalue weighted by Gasteiger charge is -2.41. The summed E-state index contributed by atoms with van der Waals surface area (Å²) in [5.74, 6) is 1.62. The van der Waals surface area contributed by atoms with Gasteiger partial charge in [0.1, 0.15) is 0 Å². The Balaban J connectivity index is 2.53. The van der Waals surface area contributed by atoms with Crippen LogP contribution in [0, 0.1) is 17.3 Å². The number of hydrogen-bond acceptors (Lipinski definition) is 2. The second-order valence-corrected chi connectivity index (χ2v) is 7.87. The molecule has 1 aliphatic carbocycles. The molecule has 1 aliphatic rings. The summed E-state index contributed by atoms with van der Waals surface area (Å²) in [6, 6.07) is 1.02. The SMILES string of the molecule is CCCC1CCC(N)C(CN(C)C(C)C(C)(C)C)C1. The van der Waals surface area contributed by atoms with Gasteiger partial charge in [0.2, 0.25) is 0 Å². The molecule has 4 unspecified atom stereocenters. The van der Waals surface area contributed by atoms with Crippen molar-refractivity contribution in [3.05, 3.63) is 0 Å². The molecular formula is C17H36N2. The maximum Gasteiger partial charge on any atom is 0.0112 e. The van der Waals surface area contributed by atoms with Gasteiger partial charge in [0.25, 0.3) is 0 Å². The fourth-order valence-electron chi connectivity index (χ4n) is 3.45. The predicted octanol–water partition coefficient (Wildman–Crippen LogP) is 3.90. The summed E-state index contributed by atoms with van der Waals surface area (Å²) in [5, 5.41) is 0. The van der Waals surface area contributed by atoms with Crippen molar-refractivity contribution < 1.29 is 0 Å². The van der Waals surface area contributed by atoms with Gasteiger partial charge in [-0.2, -0.15) is 0 Å². The van der Waals surface area contributed by atoms with Crippen molar-refractivity contribution in [2.45, 2.75) is 78.8 Å². The third kappa shape index (κ3) is 5.07. The molecule has 0 bridgehead atoms. The van der Waals surface area contributed by atoms with Crippen LogP contribution in [-0.2, 0) is 0 Å². The Kier molecular flexibility index (Phi) is 6.32. The number of nitrogens with zero attached hydrogens (tertiary/aromatic N) is 1. The largest absolute Gasteiger partial charge is 0.327 e. The van der Waals surface area contributed by atoms with Gasteiger partial charge in [-0.1, -0.05) is 40.5 Å². The lowest BCUT2D eigenvalue weighted by Crippen LogP contribution is -2.47. The first-order valence-electron chi connectivity index (χ1n) is 8.21. The Morgan fingerprint density at radius 1 is 1.26 bits per heavy atom. The summed E-state index contributed by atoms with van der Waals surface area (Å²) < 4.78 is 0. The molecule has 4 atom stereocenters. The van der Waals surface area contributed by atoms with Gasteiger partial charge in [0, 0.05) is 18.6 Å². The first kappa shape index (κ1) is 17.0. The maximum absolute atomic E-state index is 6.37. The average molecular weight is 268 g/mol. The lowest BCUT2D eigenvalue weighted by atomic mass is 9.76. The molecule has 2 N–H and O–H groups in total. The zero-order valence-electron chi connectivity index (χ0n) is 14.1. The molecule has 114 valence electrons. The van der Waals surface area contributed by atoms with Crippen molar-refractivity contribution in [2.75, 3.05) is 13.6 Å². The number of hydrogen-bond donors (Lipinski definition) is 1. The molecule has 0 aromatic heterocycles. The van der Waals surface area contributed by atoms with Crippen LogP contribution in [-0.4, -0.2) is 30.6 Å². The maximum atomic E-state index is 6.37. The van der Waals surface area contributed by atoms with E-state index in [0.29, 0.717) is 23.4 Å². The van der Waals surface area contributed by atoms with Crippen LogP contribution in [0.2, 0.25) is 0 Å². The highest BCUT2D eigenvalue weighted by molar-refractivity contribution is 4.86. The monoisotopic (exact) mass is 268 g/mol. The van der Waals surface area contributed by atoms with E-state index in [1.165, 1.54) is 38.6 Å². The molecule has 19 heavy (non-hydrogen) atoms. The Morgan fingerprint density at radius 2 is 1.89 bits per heavy atom. The van der Waals surface area contributed by atoms with E-state index in [1.54, 1.807) is 0 Å². The predicted molar refractivity (Wildman–Crippen MR) is 85.3 cm³/mol. The quantitative estimate of drug-likeness (QED) is 0.819. The van der Waals surface area contributed by atoms with Gasteiger partial charge in [-0.3, -0.25) is 0 Å². The van der Waals surface area contributed by atoms with Gasteiger partial charge in [0.05, 0.1) is 0 Å². The third-order valence-corrected chi connectivity index (χ3v) is 5.28. The zero-order chi connectivity index (χ0) is 14.6. The van der Waals surface area contributed by atoms with Crippen molar-refractivity contribution in [1.29, 1.82) is 0 Å². The standard InChI is InChI=1S/C17H36N2/c1-7-8-14-9-10-16(18)15(11-14)12-19(6)13(2)17(3,4)5/h13-16H,7-12,18H2,1-6H3. The molecule has 0 aromatic rings. The molecule has 2 heteroatoms. The van der Waals surface area contributed by atoms with Gasteiger partial charge in [-0.05, 0) is 50.5 Å². The molecule has 0 saturated heterocycles. The zero-order valence-corrected chi connectivity index (χ0v) is 14.1. The molecule has 0 spiro atoms. The van der Waals surface area contributed by atoms with Crippen LogP contribution < -0.4 is 5.73 Å². The fourth-order valence-corrected chi connectivity index (χ4v) is 3.45. The van der Waals surface area contributed by atoms with Gasteiger partial charge < -0.3 is 10.6 Å². The summed E-state index contributed by atoms with van der Waals surface area (Å²) >= 11 is 0. The van der Waals surface area contributed by atoms with E-state index in [0.717, 1.165) is 5.92 Å². The molecule has 0 heterocycles. The van der Waals surface area contributed by atoms with Crippen LogP contribution in [0.25, 0.3) is 0 Å². The first-order valence-corrected chi connectivity index (χ1v) is 8.21. The minimum Gasteiger partial charge on any atom is -0.327 e. The fraction of sp³-hybridized carbons (Fsp3) is 1.00. The number of rotatable bonds is 5. The summed E-state index contributed by atoms with van der Waals surface area (Å²) in [6.07, 6.45) is 6.63. The molecule has 1 saturated carbocycles. The molecule has 2 nitrogen and oxygen atoms in total. The molecule has 0 radical (unpaired) electrons. The minimum atomic E-state index is 0.344. The highest BCUT2D eigenvalue weighted by Gasteiger charge is 2.31. The van der Waals surface area contributed by atoms with Crippen LogP contribution in [0.1, 0.15) is 66.7 Å². The summed E-state index contributed by atoms with van der Waals surface area (Å²) in [7, 11) is 2.27. The van der Waals surface area contributed by atoms with Crippen molar-refractivity contribution in [3.8, 4) is 0 Å². The summed E-state index contributed by atoms with van der Waals surface area (Å²) in [4.78, 5) is 2.53. The van der Waals surface area contributed by atoms with E-state index in [9.17, 15) is 0 Å². The Bertz CT molecular complexity index is 256. The molecular weight excluding hydrogens is 232 g/mol. The van der Waals surface area contributed by atoms with Crippen LogP contribution in [0.4, 0.5) is 0 Å². The van der Waals surface area contributed by atoms with Crippen molar-refractivity contribution in [1.82, 2.24) is 4.90 Å². The molecule has 1 rings (SSSR count). The first-order chi connectivity index (χ1) is 8.75. The summed E-state index contributed by atoms with van der Waals surface area (Å²) in [6.45, 7) is 12.8. The van der Waals surface area contributed by atoms with E-state index in [2.05, 4.69) is 46.6 Å². The molecule has 1 fully saturated rings. The van der Waals surface area contributed by atoms with Gasteiger partial charge in [0.15, 0.2) is 0 Å². The Labute approximate surface area is 121 Å². The van der Waals surface area contributed by atoms with Gasteiger partial charge in [-0.15, -0.1) is 0 Å². The number of nitrogens with two attached hydrogens (primary N) is 1. The van der Waals surface area contributed by atoms with Crippen LogP contribution >= 0.6 is 0 Å². The minimum absolute atomic E-state index is 0.344. The van der Waals surface area contributed by atoms with Crippen molar-refractivity contribution >= 4 is 0 Å². The van der Waals surface area contributed by atoms with Crippen molar-refractivity contribution in [3.63, 3.8) is 0 Å². The average Bonchev–Trinajstić information content (AvgIpc) is 2.31. The molecule has 0 aliphatic heterocycles. The summed E-state index contributed by atoms with van der Waals surface area (Å²) in [5.41, 5.74) is 6.71. The topological polar surface area (TPSA) is 29.3 Å². The Hall–Kier alpha value is -0.0800. The van der Waals surface area contributed by atoms with E-state index >= 15 is 0 Å². The van der Waals surface area contributed by atoms with Crippen LogP contribution in [0.15, 0.2) is 0 Å². The van der Waals surface area contributed by atoms with Gasteiger partial charge >= 0.3 is 0 Å². The van der Waals surface area contributed by atoms with E-state index in [1.807, 2.05) is 0 Å². The van der Waals surface area contributed by atoms with Crippen LogP contribution in [0.5, 0.6) is 0 Å². The van der Waals surface area contributed by atoms with Gasteiger partial charge in [-0.25, -0.2) is 0 Å². The highest BCUT2D eigenvalue weighted by Crippen LogP contribution is 2.33. The smallest absolute Gasteiger partial charge is 0.0112 e. The normalized spacial score (nSPS) is 30.6. The second-order valence-electron chi connectivity index (χ2n) is 7.87. The van der Waals surface area contributed by atoms with Crippen molar-refractivity contribution in [2.24, 2.45) is 23.0 Å². The van der Waals surface area contributed by atoms with E-state index < -0.39 is 0 Å². The highest BCUT2D eigenvalue weighted by atomic mass is 15.1. The van der Waals surface area contributed by atoms with E-state index in [4.69, 9.17) is 5.73 Å². The lowest BCUT2D eigenvalue weighted by molar-refractivity contribution is 0.0950. The second kappa shape index (κ2) is 7.08. The molecule has 0 aromatic carbocycles. The van der Waals surface area contributed by atoms with E-state index in [-0.39, 0.29) is 0 Å². The molecule has 0 amide bonds.